The summed E-state index contributed by atoms with van der Waals surface area (Å²) in [6.45, 7) is 6.73. The molecule has 0 radical (unpaired) electrons. The highest BCUT2D eigenvalue weighted by atomic mass is 79.9. The minimum Gasteiger partial charge on any atom is -0.496 e. The molecule has 2 saturated heterocycles. The molecule has 9 nitrogen and oxygen atoms in total. The molecule has 0 aliphatic carbocycles. The molecule has 2 bridgehead atoms. The number of aromatic nitrogens is 2. The average molecular weight is 598 g/mol. The molecule has 1 N–H and O–H groups in total. The fourth-order valence-electron chi connectivity index (χ4n) is 5.04. The third-order valence-electron chi connectivity index (χ3n) is 6.69. The van der Waals surface area contributed by atoms with Crippen molar-refractivity contribution in [2.75, 3.05) is 30.4 Å². The fraction of sp³-hybridized carbons (Fsp3) is 0.357. The average Bonchev–Trinajstić information content (AvgIpc) is 3.50. The van der Waals surface area contributed by atoms with Crippen LogP contribution in [0, 0.1) is 5.82 Å². The number of carbonyl (C=O) groups excluding carboxylic acids is 2. The Bertz CT molecular complexity index is 1430. The van der Waals surface area contributed by atoms with E-state index in [2.05, 4.69) is 36.1 Å². The second-order valence-electron chi connectivity index (χ2n) is 10.5. The van der Waals surface area contributed by atoms with Crippen molar-refractivity contribution in [3.63, 3.8) is 0 Å². The third kappa shape index (κ3) is 5.54. The van der Waals surface area contributed by atoms with Crippen LogP contribution in [0.25, 0.3) is 11.4 Å². The van der Waals surface area contributed by atoms with Gasteiger partial charge in [0.1, 0.15) is 22.9 Å². The standard InChI is InChI=1S/C28H29BrFN5O4/c1-28(2,3)39-27(37)35-15-17-13-18(35)14-34(17)22-12-16(29)8-9-20(22)33-26(36)21-10-11-31-25(32-21)24-19(30)6-5-7-23(24)38-4/h5-12,17-18H,13-15H2,1-4H3,(H,33,36)/t17-,18-/m0/s1. The summed E-state index contributed by atoms with van der Waals surface area (Å²) in [4.78, 5) is 38.5. The number of anilines is 2. The number of methoxy groups -OCH3 is 1. The summed E-state index contributed by atoms with van der Waals surface area (Å²) in [5.74, 6) is -0.691. The van der Waals surface area contributed by atoms with Crippen LogP contribution in [-0.2, 0) is 4.74 Å². The number of hydrogen-bond donors (Lipinski definition) is 1. The molecule has 0 spiro atoms. The van der Waals surface area contributed by atoms with Gasteiger partial charge in [-0.25, -0.2) is 19.2 Å². The van der Waals surface area contributed by atoms with Gasteiger partial charge in [-0.15, -0.1) is 0 Å². The maximum atomic E-state index is 14.6. The monoisotopic (exact) mass is 597 g/mol. The van der Waals surface area contributed by atoms with Gasteiger partial charge in [-0.1, -0.05) is 22.0 Å². The van der Waals surface area contributed by atoms with E-state index in [0.717, 1.165) is 16.6 Å². The van der Waals surface area contributed by atoms with Crippen LogP contribution in [0.3, 0.4) is 0 Å². The van der Waals surface area contributed by atoms with Gasteiger partial charge in [0.2, 0.25) is 0 Å². The first kappa shape index (κ1) is 26.9. The van der Waals surface area contributed by atoms with E-state index in [9.17, 15) is 14.0 Å². The number of ether oxygens (including phenoxy) is 2. The van der Waals surface area contributed by atoms with Gasteiger partial charge < -0.3 is 24.6 Å². The lowest BCUT2D eigenvalue weighted by Gasteiger charge is -2.37. The Morgan fingerprint density at radius 2 is 1.92 bits per heavy atom. The number of nitrogens with zero attached hydrogens (tertiary/aromatic N) is 4. The lowest BCUT2D eigenvalue weighted by Crippen LogP contribution is -2.50. The number of carbonyl (C=O) groups is 2. The number of piperazine rings is 1. The Morgan fingerprint density at radius 1 is 1.13 bits per heavy atom. The second kappa shape index (κ2) is 10.4. The van der Waals surface area contributed by atoms with E-state index in [4.69, 9.17) is 9.47 Å². The van der Waals surface area contributed by atoms with Crippen molar-refractivity contribution in [1.29, 1.82) is 0 Å². The first-order chi connectivity index (χ1) is 18.5. The molecule has 0 saturated carbocycles. The van der Waals surface area contributed by atoms with Crippen LogP contribution in [-0.4, -0.2) is 64.8 Å². The first-order valence-electron chi connectivity index (χ1n) is 12.6. The van der Waals surface area contributed by atoms with Crippen molar-refractivity contribution in [1.82, 2.24) is 14.9 Å². The van der Waals surface area contributed by atoms with E-state index in [-0.39, 0.29) is 41.0 Å². The van der Waals surface area contributed by atoms with Crippen LogP contribution in [0.2, 0.25) is 0 Å². The van der Waals surface area contributed by atoms with E-state index < -0.39 is 17.3 Å². The molecule has 2 amide bonds. The SMILES string of the molecule is COc1cccc(F)c1-c1nccc(C(=O)Nc2ccc(Br)cc2N2C[C@@H]3C[C@H]2CN3C(=O)OC(C)(C)C)n1. The number of amides is 2. The normalized spacial score (nSPS) is 18.3. The van der Waals surface area contributed by atoms with Gasteiger partial charge in [0.25, 0.3) is 5.91 Å². The van der Waals surface area contributed by atoms with Gasteiger partial charge in [-0.2, -0.15) is 0 Å². The highest BCUT2D eigenvalue weighted by Gasteiger charge is 2.47. The zero-order valence-corrected chi connectivity index (χ0v) is 23.7. The molecular weight excluding hydrogens is 569 g/mol. The maximum absolute atomic E-state index is 14.6. The van der Waals surface area contributed by atoms with E-state index >= 15 is 0 Å². The maximum Gasteiger partial charge on any atom is 0.410 e. The molecule has 0 unspecified atom stereocenters. The summed E-state index contributed by atoms with van der Waals surface area (Å²) in [6.07, 6.45) is 1.93. The molecule has 2 aromatic carbocycles. The van der Waals surface area contributed by atoms with Gasteiger partial charge in [0.05, 0.1) is 30.1 Å². The van der Waals surface area contributed by atoms with Crippen molar-refractivity contribution in [2.45, 2.75) is 44.9 Å². The molecule has 3 aromatic rings. The highest BCUT2D eigenvalue weighted by molar-refractivity contribution is 9.10. The molecular formula is C28H29BrFN5O4. The quantitative estimate of drug-likeness (QED) is 0.414. The number of rotatable bonds is 5. The molecule has 11 heteroatoms. The van der Waals surface area contributed by atoms with Crippen LogP contribution in [0.1, 0.15) is 37.7 Å². The molecule has 2 aliphatic rings. The molecule has 2 aliphatic heterocycles. The topological polar surface area (TPSA) is 96.9 Å². The van der Waals surface area contributed by atoms with E-state index in [1.807, 2.05) is 39.0 Å². The largest absolute Gasteiger partial charge is 0.496 e. The lowest BCUT2D eigenvalue weighted by molar-refractivity contribution is 0.0214. The van der Waals surface area contributed by atoms with Crippen LogP contribution < -0.4 is 15.0 Å². The Hall–Kier alpha value is -3.73. The van der Waals surface area contributed by atoms with Gasteiger partial charge in [-0.05, 0) is 63.6 Å². The molecule has 204 valence electrons. The molecule has 39 heavy (non-hydrogen) atoms. The molecule has 5 rings (SSSR count). The van der Waals surface area contributed by atoms with Crippen molar-refractivity contribution >= 4 is 39.3 Å². The number of benzene rings is 2. The van der Waals surface area contributed by atoms with Crippen molar-refractivity contribution < 1.29 is 23.5 Å². The van der Waals surface area contributed by atoms with Crippen LogP contribution >= 0.6 is 15.9 Å². The summed E-state index contributed by atoms with van der Waals surface area (Å²) < 4.78 is 26.3. The van der Waals surface area contributed by atoms with E-state index in [1.165, 1.54) is 31.5 Å². The zero-order chi connectivity index (χ0) is 27.9. The van der Waals surface area contributed by atoms with Crippen LogP contribution in [0.15, 0.2) is 53.1 Å². The van der Waals surface area contributed by atoms with Crippen LogP contribution in [0.4, 0.5) is 20.6 Å². The number of nitrogens with one attached hydrogen (secondary N) is 1. The fourth-order valence-corrected chi connectivity index (χ4v) is 5.39. The summed E-state index contributed by atoms with van der Waals surface area (Å²) in [7, 11) is 1.43. The van der Waals surface area contributed by atoms with Gasteiger partial charge >= 0.3 is 6.09 Å². The lowest BCUT2D eigenvalue weighted by atomic mass is 10.1. The summed E-state index contributed by atoms with van der Waals surface area (Å²) >= 11 is 3.54. The predicted octanol–water partition coefficient (Wildman–Crippen LogP) is 5.50. The smallest absolute Gasteiger partial charge is 0.410 e. The van der Waals surface area contributed by atoms with Crippen molar-refractivity contribution in [2.24, 2.45) is 0 Å². The number of hydrogen-bond acceptors (Lipinski definition) is 7. The summed E-state index contributed by atoms with van der Waals surface area (Å²) in [5.41, 5.74) is 1.04. The Labute approximate surface area is 234 Å². The second-order valence-corrected chi connectivity index (χ2v) is 11.4. The van der Waals surface area contributed by atoms with Gasteiger partial charge in [0, 0.05) is 29.8 Å². The Kier molecular flexibility index (Phi) is 7.19. The molecule has 1 aromatic heterocycles. The highest BCUT2D eigenvalue weighted by Crippen LogP contribution is 2.40. The zero-order valence-electron chi connectivity index (χ0n) is 22.1. The minimum atomic E-state index is -0.557. The third-order valence-corrected chi connectivity index (χ3v) is 7.19. The van der Waals surface area contributed by atoms with E-state index in [0.29, 0.717) is 18.8 Å². The van der Waals surface area contributed by atoms with Crippen molar-refractivity contribution in [3.05, 3.63) is 64.6 Å². The molecule has 3 heterocycles. The minimum absolute atomic E-state index is 0.0209. The summed E-state index contributed by atoms with van der Waals surface area (Å²) in [5, 5.41) is 2.96. The van der Waals surface area contributed by atoms with E-state index in [1.54, 1.807) is 11.0 Å². The van der Waals surface area contributed by atoms with Crippen molar-refractivity contribution in [3.8, 4) is 17.1 Å². The first-order valence-corrected chi connectivity index (χ1v) is 13.4. The number of likely N-dealkylation sites (tertiary alicyclic amines) is 1. The van der Waals surface area contributed by atoms with Gasteiger partial charge in [0.15, 0.2) is 5.82 Å². The Morgan fingerprint density at radius 3 is 2.62 bits per heavy atom. The number of halogens is 2. The molecule has 2 fully saturated rings. The Balaban J connectivity index is 1.36. The molecule has 2 atom stereocenters. The predicted molar refractivity (Wildman–Crippen MR) is 149 cm³/mol. The van der Waals surface area contributed by atoms with Gasteiger partial charge in [-0.3, -0.25) is 4.79 Å². The number of fused-ring (bicyclic) bond motifs is 2. The van der Waals surface area contributed by atoms with Crippen LogP contribution in [0.5, 0.6) is 5.75 Å². The summed E-state index contributed by atoms with van der Waals surface area (Å²) in [6, 6.07) is 11.6.